The highest BCUT2D eigenvalue weighted by Crippen LogP contribution is 2.20. The van der Waals surface area contributed by atoms with E-state index in [1.807, 2.05) is 0 Å². The SMILES string of the molecule is CS(=O)(=O)c1ccc(F)c(NC(=O)CNC2CC2)c1. The first-order valence-corrected chi connectivity index (χ1v) is 7.78. The number of anilines is 1. The van der Waals surface area contributed by atoms with Gasteiger partial charge in [0.2, 0.25) is 5.91 Å². The second-order valence-electron chi connectivity index (χ2n) is 4.62. The van der Waals surface area contributed by atoms with Crippen LogP contribution in [0.1, 0.15) is 12.8 Å². The molecule has 2 rings (SSSR count). The molecule has 5 nitrogen and oxygen atoms in total. The zero-order chi connectivity index (χ0) is 14.0. The highest BCUT2D eigenvalue weighted by molar-refractivity contribution is 7.90. The Kier molecular flexibility index (Phi) is 3.86. The Morgan fingerprint density at radius 3 is 2.68 bits per heavy atom. The number of hydrogen-bond donors (Lipinski definition) is 2. The summed E-state index contributed by atoms with van der Waals surface area (Å²) in [5.74, 6) is -1.05. The van der Waals surface area contributed by atoms with Crippen LogP contribution in [0.15, 0.2) is 23.1 Å². The predicted molar refractivity (Wildman–Crippen MR) is 69.2 cm³/mol. The summed E-state index contributed by atoms with van der Waals surface area (Å²) < 4.78 is 36.2. The molecule has 1 amide bonds. The van der Waals surface area contributed by atoms with Gasteiger partial charge in [-0.1, -0.05) is 0 Å². The molecule has 7 heteroatoms. The maximum absolute atomic E-state index is 13.5. The molecule has 1 aliphatic carbocycles. The van der Waals surface area contributed by atoms with E-state index in [0.717, 1.165) is 31.2 Å². The summed E-state index contributed by atoms with van der Waals surface area (Å²) in [6.07, 6.45) is 3.12. The molecule has 0 radical (unpaired) electrons. The van der Waals surface area contributed by atoms with Crippen molar-refractivity contribution in [1.82, 2.24) is 5.32 Å². The van der Waals surface area contributed by atoms with Crippen LogP contribution in [0.5, 0.6) is 0 Å². The predicted octanol–water partition coefficient (Wildman–Crippen LogP) is 0.920. The van der Waals surface area contributed by atoms with Crippen molar-refractivity contribution in [2.75, 3.05) is 18.1 Å². The fraction of sp³-hybridized carbons (Fsp3) is 0.417. The van der Waals surface area contributed by atoms with Crippen LogP contribution in [-0.2, 0) is 14.6 Å². The monoisotopic (exact) mass is 286 g/mol. The standard InChI is InChI=1S/C12H15FN2O3S/c1-19(17,18)9-4-5-10(13)11(6-9)15-12(16)7-14-8-2-3-8/h4-6,8,14H,2-3,7H2,1H3,(H,15,16). The third-order valence-corrected chi connectivity index (χ3v) is 3.88. The number of halogens is 1. The molecule has 0 aliphatic heterocycles. The molecule has 1 aromatic carbocycles. The molecule has 0 heterocycles. The Bertz CT molecular complexity index is 597. The second-order valence-corrected chi connectivity index (χ2v) is 6.63. The third-order valence-electron chi connectivity index (χ3n) is 2.77. The molecule has 1 aromatic rings. The van der Waals surface area contributed by atoms with Gasteiger partial charge in [0, 0.05) is 12.3 Å². The van der Waals surface area contributed by atoms with E-state index < -0.39 is 21.6 Å². The van der Waals surface area contributed by atoms with Crippen LogP contribution < -0.4 is 10.6 Å². The van der Waals surface area contributed by atoms with Gasteiger partial charge >= 0.3 is 0 Å². The number of carbonyl (C=O) groups is 1. The molecule has 104 valence electrons. The van der Waals surface area contributed by atoms with E-state index in [2.05, 4.69) is 10.6 Å². The molecule has 0 bridgehead atoms. The minimum atomic E-state index is -3.43. The van der Waals surface area contributed by atoms with E-state index in [-0.39, 0.29) is 17.1 Å². The molecule has 0 spiro atoms. The van der Waals surface area contributed by atoms with Crippen molar-refractivity contribution >= 4 is 21.4 Å². The van der Waals surface area contributed by atoms with Gasteiger partial charge in [-0.15, -0.1) is 0 Å². The van der Waals surface area contributed by atoms with Gasteiger partial charge in [-0.2, -0.15) is 0 Å². The van der Waals surface area contributed by atoms with Gasteiger partial charge in [0.25, 0.3) is 0 Å². The molecule has 2 N–H and O–H groups in total. The number of carbonyl (C=O) groups excluding carboxylic acids is 1. The Hall–Kier alpha value is -1.47. The van der Waals surface area contributed by atoms with Gasteiger partial charge in [0.05, 0.1) is 17.1 Å². The van der Waals surface area contributed by atoms with Gasteiger partial charge < -0.3 is 10.6 Å². The molecule has 0 atom stereocenters. The molecular formula is C12H15FN2O3S. The lowest BCUT2D eigenvalue weighted by atomic mass is 10.3. The Labute approximate surface area is 111 Å². The largest absolute Gasteiger partial charge is 0.322 e. The van der Waals surface area contributed by atoms with E-state index in [1.54, 1.807) is 0 Å². The van der Waals surface area contributed by atoms with Crippen LogP contribution in [0, 0.1) is 5.82 Å². The minimum absolute atomic E-state index is 0.0284. The van der Waals surface area contributed by atoms with Crippen LogP contribution in [-0.4, -0.2) is 33.2 Å². The van der Waals surface area contributed by atoms with Crippen molar-refractivity contribution in [3.8, 4) is 0 Å². The molecule has 1 saturated carbocycles. The van der Waals surface area contributed by atoms with Gasteiger partial charge in [-0.25, -0.2) is 12.8 Å². The van der Waals surface area contributed by atoms with Crippen molar-refractivity contribution in [2.24, 2.45) is 0 Å². The second kappa shape index (κ2) is 5.26. The average molecular weight is 286 g/mol. The summed E-state index contributed by atoms with van der Waals surface area (Å²) in [5, 5.41) is 5.35. The highest BCUT2D eigenvalue weighted by Gasteiger charge is 2.21. The molecular weight excluding hydrogens is 271 g/mol. The van der Waals surface area contributed by atoms with E-state index in [9.17, 15) is 17.6 Å². The van der Waals surface area contributed by atoms with Gasteiger partial charge in [0.1, 0.15) is 5.82 Å². The highest BCUT2D eigenvalue weighted by atomic mass is 32.2. The van der Waals surface area contributed by atoms with Crippen LogP contribution in [0.25, 0.3) is 0 Å². The van der Waals surface area contributed by atoms with Crippen LogP contribution in [0.2, 0.25) is 0 Å². The number of benzene rings is 1. The Morgan fingerprint density at radius 1 is 1.42 bits per heavy atom. The van der Waals surface area contributed by atoms with Gasteiger partial charge in [0.15, 0.2) is 9.84 Å². The normalized spacial score (nSPS) is 15.3. The third kappa shape index (κ3) is 4.00. The lowest BCUT2D eigenvalue weighted by molar-refractivity contribution is -0.115. The number of hydrogen-bond acceptors (Lipinski definition) is 4. The van der Waals surface area contributed by atoms with E-state index in [4.69, 9.17) is 0 Å². The zero-order valence-electron chi connectivity index (χ0n) is 10.4. The lowest BCUT2D eigenvalue weighted by Gasteiger charge is -2.08. The van der Waals surface area contributed by atoms with Crippen molar-refractivity contribution in [1.29, 1.82) is 0 Å². The summed E-state index contributed by atoms with van der Waals surface area (Å²) in [6.45, 7) is 0.0905. The van der Waals surface area contributed by atoms with Crippen LogP contribution >= 0.6 is 0 Å². The first-order valence-electron chi connectivity index (χ1n) is 5.89. The number of sulfone groups is 1. The minimum Gasteiger partial charge on any atom is -0.322 e. The fourth-order valence-corrected chi connectivity index (χ4v) is 2.20. The van der Waals surface area contributed by atoms with Crippen molar-refractivity contribution in [2.45, 2.75) is 23.8 Å². The fourth-order valence-electron chi connectivity index (χ4n) is 1.55. The summed E-state index contributed by atoms with van der Waals surface area (Å²) in [4.78, 5) is 11.5. The molecule has 0 unspecified atom stereocenters. The number of nitrogens with one attached hydrogen (secondary N) is 2. The van der Waals surface area contributed by atoms with Crippen molar-refractivity contribution < 1.29 is 17.6 Å². The van der Waals surface area contributed by atoms with Crippen molar-refractivity contribution in [3.63, 3.8) is 0 Å². The first-order chi connectivity index (χ1) is 8.86. The van der Waals surface area contributed by atoms with Crippen LogP contribution in [0.4, 0.5) is 10.1 Å². The van der Waals surface area contributed by atoms with Gasteiger partial charge in [-0.3, -0.25) is 4.79 Å². The van der Waals surface area contributed by atoms with E-state index >= 15 is 0 Å². The van der Waals surface area contributed by atoms with Crippen molar-refractivity contribution in [3.05, 3.63) is 24.0 Å². The maximum atomic E-state index is 13.5. The lowest BCUT2D eigenvalue weighted by Crippen LogP contribution is -2.29. The Balaban J connectivity index is 2.07. The molecule has 0 aromatic heterocycles. The Morgan fingerprint density at radius 2 is 2.11 bits per heavy atom. The summed E-state index contributed by atoms with van der Waals surface area (Å²) in [7, 11) is -3.43. The van der Waals surface area contributed by atoms with Crippen LogP contribution in [0.3, 0.4) is 0 Å². The maximum Gasteiger partial charge on any atom is 0.238 e. The molecule has 19 heavy (non-hydrogen) atoms. The summed E-state index contributed by atoms with van der Waals surface area (Å²) >= 11 is 0. The quantitative estimate of drug-likeness (QED) is 0.789. The zero-order valence-corrected chi connectivity index (χ0v) is 11.3. The topological polar surface area (TPSA) is 75.3 Å². The van der Waals surface area contributed by atoms with E-state index in [0.29, 0.717) is 6.04 Å². The average Bonchev–Trinajstić information content (AvgIpc) is 3.12. The number of amides is 1. The molecule has 0 saturated heterocycles. The smallest absolute Gasteiger partial charge is 0.238 e. The summed E-state index contributed by atoms with van der Waals surface area (Å²) in [5.41, 5.74) is -0.120. The van der Waals surface area contributed by atoms with Gasteiger partial charge in [-0.05, 0) is 31.0 Å². The summed E-state index contributed by atoms with van der Waals surface area (Å²) in [6, 6.07) is 3.70. The first kappa shape index (κ1) is 14.0. The molecule has 1 fully saturated rings. The number of rotatable bonds is 5. The van der Waals surface area contributed by atoms with E-state index in [1.165, 1.54) is 6.07 Å². The molecule has 1 aliphatic rings.